The lowest BCUT2D eigenvalue weighted by molar-refractivity contribution is -0.117. The smallest absolute Gasteiger partial charge is 0.238 e. The van der Waals surface area contributed by atoms with E-state index in [2.05, 4.69) is 22.3 Å². The van der Waals surface area contributed by atoms with Crippen LogP contribution in [-0.4, -0.2) is 23.9 Å². The molecule has 0 heterocycles. The number of hydrogen-bond acceptors (Lipinski definition) is 2. The van der Waals surface area contributed by atoms with Gasteiger partial charge in [0.05, 0.1) is 17.3 Å². The van der Waals surface area contributed by atoms with Gasteiger partial charge in [-0.25, -0.2) is 0 Å². The van der Waals surface area contributed by atoms with Crippen molar-refractivity contribution >= 4 is 34.8 Å². The van der Waals surface area contributed by atoms with Crippen molar-refractivity contribution in [3.05, 3.63) is 64.1 Å². The van der Waals surface area contributed by atoms with Crippen molar-refractivity contribution in [2.24, 2.45) is 0 Å². The van der Waals surface area contributed by atoms with Crippen molar-refractivity contribution in [3.63, 3.8) is 0 Å². The fraction of sp³-hybridized carbons (Fsp3) is 0.235. The normalized spacial score (nSPS) is 10.7. The summed E-state index contributed by atoms with van der Waals surface area (Å²) in [7, 11) is 0. The van der Waals surface area contributed by atoms with Gasteiger partial charge in [-0.3, -0.25) is 9.69 Å². The molecule has 0 saturated carbocycles. The van der Waals surface area contributed by atoms with Crippen molar-refractivity contribution in [2.45, 2.75) is 13.5 Å². The lowest BCUT2D eigenvalue weighted by atomic mass is 10.2. The van der Waals surface area contributed by atoms with Gasteiger partial charge in [0.1, 0.15) is 0 Å². The summed E-state index contributed by atoms with van der Waals surface area (Å²) in [5.41, 5.74) is 1.76. The lowest BCUT2D eigenvalue weighted by Crippen LogP contribution is -2.32. The molecule has 116 valence electrons. The van der Waals surface area contributed by atoms with Crippen molar-refractivity contribution in [3.8, 4) is 0 Å². The molecular formula is C17H18Cl2N2O. The van der Waals surface area contributed by atoms with Gasteiger partial charge in [-0.05, 0) is 30.3 Å². The highest BCUT2D eigenvalue weighted by Crippen LogP contribution is 2.25. The summed E-state index contributed by atoms with van der Waals surface area (Å²) in [6.45, 7) is 3.87. The third-order valence-corrected chi connectivity index (χ3v) is 3.82. The van der Waals surface area contributed by atoms with E-state index in [1.54, 1.807) is 18.2 Å². The molecular weight excluding hydrogens is 319 g/mol. The number of rotatable bonds is 6. The van der Waals surface area contributed by atoms with Crippen molar-refractivity contribution in [1.82, 2.24) is 4.90 Å². The average Bonchev–Trinajstić information content (AvgIpc) is 2.50. The van der Waals surface area contributed by atoms with E-state index in [0.717, 1.165) is 13.1 Å². The largest absolute Gasteiger partial charge is 0.324 e. The maximum atomic E-state index is 12.2. The molecule has 22 heavy (non-hydrogen) atoms. The van der Waals surface area contributed by atoms with Crippen molar-refractivity contribution in [1.29, 1.82) is 0 Å². The maximum Gasteiger partial charge on any atom is 0.238 e. The highest BCUT2D eigenvalue weighted by molar-refractivity contribution is 6.36. The molecule has 0 aromatic heterocycles. The highest BCUT2D eigenvalue weighted by Gasteiger charge is 2.11. The van der Waals surface area contributed by atoms with Crippen LogP contribution in [0.5, 0.6) is 0 Å². The van der Waals surface area contributed by atoms with Gasteiger partial charge in [-0.15, -0.1) is 0 Å². The second kappa shape index (κ2) is 8.18. The Morgan fingerprint density at radius 1 is 1.14 bits per heavy atom. The minimum absolute atomic E-state index is 0.0954. The zero-order valence-electron chi connectivity index (χ0n) is 12.4. The molecule has 3 nitrogen and oxygen atoms in total. The first kappa shape index (κ1) is 16.8. The van der Waals surface area contributed by atoms with E-state index in [9.17, 15) is 4.79 Å². The minimum atomic E-state index is -0.0954. The number of halogens is 2. The van der Waals surface area contributed by atoms with Crippen LogP contribution in [0.4, 0.5) is 5.69 Å². The van der Waals surface area contributed by atoms with Gasteiger partial charge in [-0.2, -0.15) is 0 Å². The van der Waals surface area contributed by atoms with Gasteiger partial charge in [0.15, 0.2) is 0 Å². The van der Waals surface area contributed by atoms with E-state index in [1.807, 2.05) is 25.1 Å². The van der Waals surface area contributed by atoms with E-state index >= 15 is 0 Å². The van der Waals surface area contributed by atoms with Crippen LogP contribution in [0.2, 0.25) is 10.0 Å². The van der Waals surface area contributed by atoms with Crippen molar-refractivity contribution < 1.29 is 4.79 Å². The predicted molar refractivity (Wildman–Crippen MR) is 92.5 cm³/mol. The minimum Gasteiger partial charge on any atom is -0.324 e. The van der Waals surface area contributed by atoms with E-state index in [-0.39, 0.29) is 5.91 Å². The Morgan fingerprint density at radius 3 is 2.50 bits per heavy atom. The van der Waals surface area contributed by atoms with Gasteiger partial charge >= 0.3 is 0 Å². The predicted octanol–water partition coefficient (Wildman–Crippen LogP) is 4.45. The summed E-state index contributed by atoms with van der Waals surface area (Å²) in [5, 5.41) is 3.80. The molecule has 0 aliphatic rings. The molecule has 1 amide bonds. The molecule has 0 aliphatic carbocycles. The molecule has 0 aliphatic heterocycles. The Balaban J connectivity index is 1.94. The van der Waals surface area contributed by atoms with Crippen LogP contribution >= 0.6 is 23.2 Å². The lowest BCUT2D eigenvalue weighted by Gasteiger charge is -2.20. The highest BCUT2D eigenvalue weighted by atomic mass is 35.5. The first-order chi connectivity index (χ1) is 10.6. The maximum absolute atomic E-state index is 12.2. The molecule has 1 N–H and O–H groups in total. The van der Waals surface area contributed by atoms with Crippen LogP contribution in [0.15, 0.2) is 48.5 Å². The number of likely N-dealkylation sites (N-methyl/N-ethyl adjacent to an activating group) is 1. The molecule has 0 atom stereocenters. The molecule has 0 saturated heterocycles. The van der Waals surface area contributed by atoms with Crippen molar-refractivity contribution in [2.75, 3.05) is 18.4 Å². The van der Waals surface area contributed by atoms with E-state index in [0.29, 0.717) is 22.3 Å². The van der Waals surface area contributed by atoms with E-state index < -0.39 is 0 Å². The summed E-state index contributed by atoms with van der Waals surface area (Å²) in [5.74, 6) is -0.0954. The van der Waals surface area contributed by atoms with Gasteiger partial charge < -0.3 is 5.32 Å². The SMILES string of the molecule is CCN(CC(=O)Nc1ccc(Cl)cc1Cl)Cc1ccccc1. The van der Waals surface area contributed by atoms with Gasteiger partial charge in [-0.1, -0.05) is 60.5 Å². The van der Waals surface area contributed by atoms with E-state index in [1.165, 1.54) is 5.56 Å². The average molecular weight is 337 g/mol. The molecule has 2 rings (SSSR count). The zero-order chi connectivity index (χ0) is 15.9. The Labute approximate surface area is 140 Å². The number of carbonyl (C=O) groups excluding carboxylic acids is 1. The topological polar surface area (TPSA) is 32.3 Å². The number of hydrogen-bond donors (Lipinski definition) is 1. The molecule has 0 fully saturated rings. The monoisotopic (exact) mass is 336 g/mol. The summed E-state index contributed by atoms with van der Waals surface area (Å²) >= 11 is 11.9. The summed E-state index contributed by atoms with van der Waals surface area (Å²) in [6, 6.07) is 15.1. The number of amides is 1. The first-order valence-electron chi connectivity index (χ1n) is 7.09. The van der Waals surface area contributed by atoms with Gasteiger partial charge in [0.25, 0.3) is 0 Å². The molecule has 2 aromatic rings. The Hall–Kier alpha value is -1.55. The second-order valence-electron chi connectivity index (χ2n) is 4.96. The van der Waals surface area contributed by atoms with Crippen LogP contribution in [0, 0.1) is 0 Å². The summed E-state index contributed by atoms with van der Waals surface area (Å²) in [4.78, 5) is 14.2. The van der Waals surface area contributed by atoms with Crippen LogP contribution < -0.4 is 5.32 Å². The molecule has 0 spiro atoms. The number of benzene rings is 2. The van der Waals surface area contributed by atoms with Crippen LogP contribution in [0.1, 0.15) is 12.5 Å². The number of nitrogens with zero attached hydrogens (tertiary/aromatic N) is 1. The zero-order valence-corrected chi connectivity index (χ0v) is 13.9. The van der Waals surface area contributed by atoms with Crippen LogP contribution in [0.3, 0.4) is 0 Å². The molecule has 5 heteroatoms. The fourth-order valence-electron chi connectivity index (χ4n) is 2.10. The Morgan fingerprint density at radius 2 is 1.86 bits per heavy atom. The van der Waals surface area contributed by atoms with Crippen LogP contribution in [-0.2, 0) is 11.3 Å². The quantitative estimate of drug-likeness (QED) is 0.844. The number of nitrogens with one attached hydrogen (secondary N) is 1. The number of carbonyl (C=O) groups is 1. The molecule has 0 unspecified atom stereocenters. The van der Waals surface area contributed by atoms with Gasteiger partial charge in [0, 0.05) is 11.6 Å². The third-order valence-electron chi connectivity index (χ3n) is 3.27. The fourth-order valence-corrected chi connectivity index (χ4v) is 2.56. The first-order valence-corrected chi connectivity index (χ1v) is 7.85. The van der Waals surface area contributed by atoms with Gasteiger partial charge in [0.2, 0.25) is 5.91 Å². The summed E-state index contributed by atoms with van der Waals surface area (Å²) in [6.07, 6.45) is 0. The standard InChI is InChI=1S/C17H18Cl2N2O/c1-2-21(11-13-6-4-3-5-7-13)12-17(22)20-16-9-8-14(18)10-15(16)19/h3-10H,2,11-12H2,1H3,(H,20,22). The summed E-state index contributed by atoms with van der Waals surface area (Å²) < 4.78 is 0. The molecule has 0 radical (unpaired) electrons. The van der Waals surface area contributed by atoms with Crippen LogP contribution in [0.25, 0.3) is 0 Å². The number of anilines is 1. The van der Waals surface area contributed by atoms with E-state index in [4.69, 9.17) is 23.2 Å². The second-order valence-corrected chi connectivity index (χ2v) is 5.80. The Kier molecular flexibility index (Phi) is 6.25. The molecule has 0 bridgehead atoms. The molecule has 2 aromatic carbocycles. The third kappa shape index (κ3) is 5.02. The Bertz CT molecular complexity index is 632.